The summed E-state index contributed by atoms with van der Waals surface area (Å²) >= 11 is 0. The number of aryl methyl sites for hydroxylation is 1. The maximum atomic E-state index is 3.59. The Hall–Kier alpha value is -0.860. The molecule has 2 nitrogen and oxygen atoms in total. The molecule has 3 rings (SSSR count). The van der Waals surface area contributed by atoms with Gasteiger partial charge in [-0.15, -0.1) is 0 Å². The molecule has 1 saturated heterocycles. The highest BCUT2D eigenvalue weighted by atomic mass is 15.2. The van der Waals surface area contributed by atoms with E-state index in [1.54, 1.807) is 11.1 Å². The Morgan fingerprint density at radius 1 is 1.22 bits per heavy atom. The fourth-order valence-corrected chi connectivity index (χ4v) is 3.46. The van der Waals surface area contributed by atoms with Crippen LogP contribution in [0, 0.1) is 0 Å². The van der Waals surface area contributed by atoms with Crippen molar-refractivity contribution in [2.24, 2.45) is 0 Å². The van der Waals surface area contributed by atoms with Crippen LogP contribution in [0.25, 0.3) is 0 Å². The fourth-order valence-electron chi connectivity index (χ4n) is 3.46. The lowest BCUT2D eigenvalue weighted by atomic mass is 9.87. The number of fused-ring (bicyclic) bond motifs is 1. The van der Waals surface area contributed by atoms with Gasteiger partial charge < -0.3 is 5.32 Å². The maximum Gasteiger partial charge on any atom is 0.0166 e. The van der Waals surface area contributed by atoms with Crippen molar-refractivity contribution in [1.82, 2.24) is 10.2 Å². The summed E-state index contributed by atoms with van der Waals surface area (Å²) < 4.78 is 0. The highest BCUT2D eigenvalue weighted by Gasteiger charge is 2.25. The van der Waals surface area contributed by atoms with Crippen molar-refractivity contribution in [3.05, 3.63) is 35.4 Å². The highest BCUT2D eigenvalue weighted by Crippen LogP contribution is 2.25. The molecule has 2 atom stereocenters. The van der Waals surface area contributed by atoms with Crippen molar-refractivity contribution in [2.45, 2.75) is 44.7 Å². The molecule has 1 N–H and O–H groups in total. The summed E-state index contributed by atoms with van der Waals surface area (Å²) in [5, 5.41) is 3.59. The highest BCUT2D eigenvalue weighted by molar-refractivity contribution is 5.30. The SMILES string of the molecule is CC1CN(C2CCc3ccccc3C2)CCCN1. The summed E-state index contributed by atoms with van der Waals surface area (Å²) in [6.45, 7) is 5.98. The van der Waals surface area contributed by atoms with E-state index in [1.165, 1.54) is 45.3 Å². The molecule has 2 heteroatoms. The van der Waals surface area contributed by atoms with Crippen molar-refractivity contribution in [3.63, 3.8) is 0 Å². The number of hydrogen-bond acceptors (Lipinski definition) is 2. The van der Waals surface area contributed by atoms with E-state index >= 15 is 0 Å². The summed E-state index contributed by atoms with van der Waals surface area (Å²) in [4.78, 5) is 2.72. The van der Waals surface area contributed by atoms with Gasteiger partial charge in [0.2, 0.25) is 0 Å². The summed E-state index contributed by atoms with van der Waals surface area (Å²) in [6.07, 6.45) is 5.15. The molecule has 1 fully saturated rings. The van der Waals surface area contributed by atoms with Gasteiger partial charge in [-0.05, 0) is 56.8 Å². The Kier molecular flexibility index (Phi) is 3.67. The maximum absolute atomic E-state index is 3.59. The zero-order valence-corrected chi connectivity index (χ0v) is 11.4. The van der Waals surface area contributed by atoms with E-state index in [0.29, 0.717) is 6.04 Å². The fraction of sp³-hybridized carbons (Fsp3) is 0.625. The smallest absolute Gasteiger partial charge is 0.0166 e. The zero-order valence-electron chi connectivity index (χ0n) is 11.4. The predicted octanol–water partition coefficient (Wildman–Crippen LogP) is 2.23. The standard InChI is InChI=1S/C16H24N2/c1-13-12-18(10-4-9-17-13)16-8-7-14-5-2-3-6-15(14)11-16/h2-3,5-6,13,16-17H,4,7-12H2,1H3. The van der Waals surface area contributed by atoms with Crippen LogP contribution in [0.5, 0.6) is 0 Å². The van der Waals surface area contributed by atoms with Crippen LogP contribution in [0.1, 0.15) is 30.9 Å². The number of nitrogens with zero attached hydrogens (tertiary/aromatic N) is 1. The second-order valence-electron chi connectivity index (χ2n) is 5.87. The zero-order chi connectivity index (χ0) is 12.4. The first-order valence-corrected chi connectivity index (χ1v) is 7.37. The minimum atomic E-state index is 0.643. The van der Waals surface area contributed by atoms with Gasteiger partial charge >= 0.3 is 0 Å². The molecule has 0 bridgehead atoms. The lowest BCUT2D eigenvalue weighted by molar-refractivity contribution is 0.179. The molecule has 0 aromatic heterocycles. The van der Waals surface area contributed by atoms with Gasteiger partial charge in [0.05, 0.1) is 0 Å². The third kappa shape index (κ3) is 2.60. The van der Waals surface area contributed by atoms with Gasteiger partial charge in [-0.3, -0.25) is 4.90 Å². The quantitative estimate of drug-likeness (QED) is 0.815. The van der Waals surface area contributed by atoms with Crippen LogP contribution in [0.15, 0.2) is 24.3 Å². The molecule has 2 aliphatic rings. The Morgan fingerprint density at radius 2 is 2.06 bits per heavy atom. The topological polar surface area (TPSA) is 15.3 Å². The molecule has 0 radical (unpaired) electrons. The van der Waals surface area contributed by atoms with E-state index in [2.05, 4.69) is 41.4 Å². The molecule has 1 aliphatic carbocycles. The van der Waals surface area contributed by atoms with Crippen LogP contribution in [0.3, 0.4) is 0 Å². The van der Waals surface area contributed by atoms with Crippen LogP contribution in [0.2, 0.25) is 0 Å². The van der Waals surface area contributed by atoms with Gasteiger partial charge in [-0.1, -0.05) is 24.3 Å². The first kappa shape index (κ1) is 12.2. The second-order valence-corrected chi connectivity index (χ2v) is 5.87. The molecule has 98 valence electrons. The van der Waals surface area contributed by atoms with Crippen molar-refractivity contribution < 1.29 is 0 Å². The van der Waals surface area contributed by atoms with Crippen LogP contribution in [-0.4, -0.2) is 36.6 Å². The van der Waals surface area contributed by atoms with E-state index < -0.39 is 0 Å². The third-order valence-corrected chi connectivity index (χ3v) is 4.46. The van der Waals surface area contributed by atoms with Gasteiger partial charge in [0.25, 0.3) is 0 Å². The lowest BCUT2D eigenvalue weighted by Gasteiger charge is -2.35. The molecule has 1 aliphatic heterocycles. The van der Waals surface area contributed by atoms with Gasteiger partial charge in [0.1, 0.15) is 0 Å². The molecular formula is C16H24N2. The number of rotatable bonds is 1. The Bertz CT molecular complexity index is 402. The van der Waals surface area contributed by atoms with Crippen LogP contribution in [0.4, 0.5) is 0 Å². The van der Waals surface area contributed by atoms with E-state index in [-0.39, 0.29) is 0 Å². The van der Waals surface area contributed by atoms with Crippen molar-refractivity contribution in [1.29, 1.82) is 0 Å². The van der Waals surface area contributed by atoms with E-state index in [1.807, 2.05) is 0 Å². The normalized spacial score (nSPS) is 29.6. The summed E-state index contributed by atoms with van der Waals surface area (Å²) in [5.74, 6) is 0. The van der Waals surface area contributed by atoms with E-state index in [0.717, 1.165) is 6.04 Å². The summed E-state index contributed by atoms with van der Waals surface area (Å²) in [6, 6.07) is 10.4. The molecule has 0 amide bonds. The van der Waals surface area contributed by atoms with E-state index in [4.69, 9.17) is 0 Å². The van der Waals surface area contributed by atoms with Gasteiger partial charge in [-0.25, -0.2) is 0 Å². The summed E-state index contributed by atoms with van der Waals surface area (Å²) in [5.41, 5.74) is 3.16. The third-order valence-electron chi connectivity index (χ3n) is 4.46. The van der Waals surface area contributed by atoms with Gasteiger partial charge in [-0.2, -0.15) is 0 Å². The second kappa shape index (κ2) is 5.41. The molecular weight excluding hydrogens is 220 g/mol. The average Bonchev–Trinajstić information content (AvgIpc) is 2.63. The minimum Gasteiger partial charge on any atom is -0.313 e. The number of hydrogen-bond donors (Lipinski definition) is 1. The van der Waals surface area contributed by atoms with Crippen molar-refractivity contribution in [2.75, 3.05) is 19.6 Å². The molecule has 0 saturated carbocycles. The largest absolute Gasteiger partial charge is 0.313 e. The molecule has 1 aromatic carbocycles. The van der Waals surface area contributed by atoms with Gasteiger partial charge in [0, 0.05) is 18.6 Å². The Morgan fingerprint density at radius 3 is 2.94 bits per heavy atom. The Balaban J connectivity index is 1.71. The molecule has 1 aromatic rings. The monoisotopic (exact) mass is 244 g/mol. The lowest BCUT2D eigenvalue weighted by Crippen LogP contribution is -2.44. The van der Waals surface area contributed by atoms with Crippen molar-refractivity contribution >= 4 is 0 Å². The molecule has 18 heavy (non-hydrogen) atoms. The number of benzene rings is 1. The van der Waals surface area contributed by atoms with Crippen molar-refractivity contribution in [3.8, 4) is 0 Å². The molecule has 0 spiro atoms. The predicted molar refractivity (Wildman–Crippen MR) is 75.9 cm³/mol. The summed E-state index contributed by atoms with van der Waals surface area (Å²) in [7, 11) is 0. The van der Waals surface area contributed by atoms with Crippen LogP contribution >= 0.6 is 0 Å². The minimum absolute atomic E-state index is 0.643. The molecule has 2 unspecified atom stereocenters. The average molecular weight is 244 g/mol. The number of nitrogens with one attached hydrogen (secondary N) is 1. The molecule has 1 heterocycles. The van der Waals surface area contributed by atoms with E-state index in [9.17, 15) is 0 Å². The first-order valence-electron chi connectivity index (χ1n) is 7.37. The Labute approximate surface area is 110 Å². The van der Waals surface area contributed by atoms with Crippen LogP contribution < -0.4 is 5.32 Å². The van der Waals surface area contributed by atoms with Gasteiger partial charge in [0.15, 0.2) is 0 Å². The first-order chi connectivity index (χ1) is 8.83. The van der Waals surface area contributed by atoms with Crippen LogP contribution in [-0.2, 0) is 12.8 Å².